The van der Waals surface area contributed by atoms with Gasteiger partial charge in [0.2, 0.25) is 5.91 Å². The Bertz CT molecular complexity index is 392. The van der Waals surface area contributed by atoms with Crippen LogP contribution in [0.5, 0.6) is 0 Å². The van der Waals surface area contributed by atoms with Crippen LogP contribution < -0.4 is 5.73 Å². The minimum absolute atomic E-state index is 0.247. The fourth-order valence-electron chi connectivity index (χ4n) is 1.55. The lowest BCUT2D eigenvalue weighted by Crippen LogP contribution is -2.12. The molecule has 2 N–H and O–H groups in total. The van der Waals surface area contributed by atoms with E-state index < -0.39 is 5.91 Å². The van der Waals surface area contributed by atoms with Gasteiger partial charge in [-0.25, -0.2) is 4.39 Å². The number of nitrogens with two attached hydrogens (primary N) is 1. The summed E-state index contributed by atoms with van der Waals surface area (Å²) in [6.07, 6.45) is 3.16. The molecule has 0 atom stereocenters. The Kier molecular flexibility index (Phi) is 2.95. The highest BCUT2D eigenvalue weighted by Crippen LogP contribution is 2.34. The zero-order valence-corrected chi connectivity index (χ0v) is 10.3. The van der Waals surface area contributed by atoms with Crippen LogP contribution in [0.1, 0.15) is 28.8 Å². The fourth-order valence-corrected chi connectivity index (χ4v) is 2.36. The standard InChI is InChI=1S/C11H11FINO/c12-9-4-7(11(14)15)5-10(13)8(9)3-6-1-2-6/h4-6H,1-3H2,(H2,14,15). The molecule has 1 amide bonds. The molecule has 1 aliphatic carbocycles. The normalized spacial score (nSPS) is 15.3. The van der Waals surface area contributed by atoms with Gasteiger partial charge in [0.05, 0.1) is 0 Å². The van der Waals surface area contributed by atoms with Gasteiger partial charge in [0.25, 0.3) is 0 Å². The van der Waals surface area contributed by atoms with Crippen LogP contribution in [0.15, 0.2) is 12.1 Å². The topological polar surface area (TPSA) is 43.1 Å². The van der Waals surface area contributed by atoms with Crippen molar-refractivity contribution >= 4 is 28.5 Å². The monoisotopic (exact) mass is 319 g/mol. The van der Waals surface area contributed by atoms with Crippen molar-refractivity contribution < 1.29 is 9.18 Å². The van der Waals surface area contributed by atoms with E-state index in [1.165, 1.54) is 18.9 Å². The van der Waals surface area contributed by atoms with Crippen LogP contribution in [0.2, 0.25) is 0 Å². The Morgan fingerprint density at radius 3 is 2.67 bits per heavy atom. The summed E-state index contributed by atoms with van der Waals surface area (Å²) in [5.41, 5.74) is 6.08. The van der Waals surface area contributed by atoms with E-state index >= 15 is 0 Å². The minimum atomic E-state index is -0.579. The van der Waals surface area contributed by atoms with Crippen LogP contribution in [-0.2, 0) is 6.42 Å². The van der Waals surface area contributed by atoms with E-state index in [2.05, 4.69) is 22.6 Å². The zero-order chi connectivity index (χ0) is 11.0. The van der Waals surface area contributed by atoms with E-state index in [9.17, 15) is 9.18 Å². The number of primary amides is 1. The summed E-state index contributed by atoms with van der Waals surface area (Å²) in [6.45, 7) is 0. The van der Waals surface area contributed by atoms with E-state index in [-0.39, 0.29) is 11.4 Å². The van der Waals surface area contributed by atoms with Gasteiger partial charge in [0, 0.05) is 14.7 Å². The van der Waals surface area contributed by atoms with Gasteiger partial charge in [-0.3, -0.25) is 4.79 Å². The first-order valence-corrected chi connectivity index (χ1v) is 5.93. The van der Waals surface area contributed by atoms with Gasteiger partial charge < -0.3 is 5.73 Å². The molecule has 0 heterocycles. The van der Waals surface area contributed by atoms with Crippen molar-refractivity contribution in [3.8, 4) is 0 Å². The summed E-state index contributed by atoms with van der Waals surface area (Å²) < 4.78 is 14.4. The van der Waals surface area contributed by atoms with Crippen LogP contribution in [0.4, 0.5) is 4.39 Å². The van der Waals surface area contributed by atoms with Gasteiger partial charge in [0.15, 0.2) is 0 Å². The maximum absolute atomic E-state index is 13.6. The summed E-state index contributed by atoms with van der Waals surface area (Å²) in [5, 5.41) is 0. The molecule has 4 heteroatoms. The molecule has 1 saturated carbocycles. The third-order valence-corrected chi connectivity index (χ3v) is 3.58. The molecule has 0 bridgehead atoms. The van der Waals surface area contributed by atoms with E-state index in [1.54, 1.807) is 6.07 Å². The van der Waals surface area contributed by atoms with Gasteiger partial charge in [-0.05, 0) is 59.9 Å². The lowest BCUT2D eigenvalue weighted by Gasteiger charge is -2.07. The smallest absolute Gasteiger partial charge is 0.248 e. The van der Waals surface area contributed by atoms with Gasteiger partial charge in [-0.2, -0.15) is 0 Å². The summed E-state index contributed by atoms with van der Waals surface area (Å²) in [4.78, 5) is 10.9. The highest BCUT2D eigenvalue weighted by Gasteiger charge is 2.24. The molecule has 1 aliphatic rings. The van der Waals surface area contributed by atoms with Crippen LogP contribution in [0, 0.1) is 15.3 Å². The molecule has 0 aliphatic heterocycles. The average Bonchev–Trinajstić information content (AvgIpc) is 2.94. The van der Waals surface area contributed by atoms with Crippen molar-refractivity contribution in [3.63, 3.8) is 0 Å². The zero-order valence-electron chi connectivity index (χ0n) is 8.09. The lowest BCUT2D eigenvalue weighted by molar-refractivity contribution is 0.1000. The Hall–Kier alpha value is -0.650. The molecule has 2 nitrogen and oxygen atoms in total. The molecule has 15 heavy (non-hydrogen) atoms. The summed E-state index contributed by atoms with van der Waals surface area (Å²) >= 11 is 2.06. The van der Waals surface area contributed by atoms with Gasteiger partial charge >= 0.3 is 0 Å². The number of rotatable bonds is 3. The predicted molar refractivity (Wildman–Crippen MR) is 64.1 cm³/mol. The summed E-state index contributed by atoms with van der Waals surface area (Å²) in [5.74, 6) is -0.250. The number of hydrogen-bond acceptors (Lipinski definition) is 1. The van der Waals surface area contributed by atoms with Gasteiger partial charge in [0.1, 0.15) is 5.82 Å². The number of carbonyl (C=O) groups is 1. The van der Waals surface area contributed by atoms with Crippen LogP contribution in [0.3, 0.4) is 0 Å². The number of amides is 1. The molecule has 0 spiro atoms. The van der Waals surface area contributed by atoms with Crippen LogP contribution >= 0.6 is 22.6 Å². The summed E-state index contributed by atoms with van der Waals surface area (Å²) in [6, 6.07) is 2.89. The molecule has 0 saturated heterocycles. The quantitative estimate of drug-likeness (QED) is 0.855. The van der Waals surface area contributed by atoms with Crippen molar-refractivity contribution in [2.75, 3.05) is 0 Å². The second-order valence-corrected chi connectivity index (χ2v) is 5.09. The van der Waals surface area contributed by atoms with E-state index in [0.29, 0.717) is 5.92 Å². The predicted octanol–water partition coefficient (Wildman–Crippen LogP) is 2.48. The molecule has 1 fully saturated rings. The van der Waals surface area contributed by atoms with Crippen molar-refractivity contribution in [3.05, 3.63) is 32.6 Å². The Labute approximate surface area is 101 Å². The van der Waals surface area contributed by atoms with E-state index in [4.69, 9.17) is 5.73 Å². The SMILES string of the molecule is NC(=O)c1cc(F)c(CC2CC2)c(I)c1. The van der Waals surface area contributed by atoms with Crippen molar-refractivity contribution in [1.29, 1.82) is 0 Å². The molecule has 2 rings (SSSR count). The van der Waals surface area contributed by atoms with Crippen LogP contribution in [-0.4, -0.2) is 5.91 Å². The van der Waals surface area contributed by atoms with Gasteiger partial charge in [-0.15, -0.1) is 0 Å². The van der Waals surface area contributed by atoms with E-state index in [0.717, 1.165) is 15.6 Å². The number of carbonyl (C=O) groups excluding carboxylic acids is 1. The fraction of sp³-hybridized carbons (Fsp3) is 0.364. The molecule has 1 aromatic carbocycles. The average molecular weight is 319 g/mol. The Balaban J connectivity index is 2.34. The Morgan fingerprint density at radius 1 is 1.53 bits per heavy atom. The van der Waals surface area contributed by atoms with Crippen molar-refractivity contribution in [2.24, 2.45) is 11.7 Å². The first-order valence-electron chi connectivity index (χ1n) is 4.85. The molecule has 0 aromatic heterocycles. The Morgan fingerprint density at radius 2 is 2.20 bits per heavy atom. The molecule has 1 aromatic rings. The number of halogens is 2. The van der Waals surface area contributed by atoms with Crippen molar-refractivity contribution in [2.45, 2.75) is 19.3 Å². The van der Waals surface area contributed by atoms with E-state index in [1.807, 2.05) is 0 Å². The maximum atomic E-state index is 13.6. The third-order valence-electron chi connectivity index (χ3n) is 2.62. The van der Waals surface area contributed by atoms with Gasteiger partial charge in [-0.1, -0.05) is 0 Å². The molecule has 0 unspecified atom stereocenters. The minimum Gasteiger partial charge on any atom is -0.366 e. The highest BCUT2D eigenvalue weighted by molar-refractivity contribution is 14.1. The largest absolute Gasteiger partial charge is 0.366 e. The first-order chi connectivity index (χ1) is 7.08. The summed E-state index contributed by atoms with van der Waals surface area (Å²) in [7, 11) is 0. The second-order valence-electron chi connectivity index (χ2n) is 3.93. The number of hydrogen-bond donors (Lipinski definition) is 1. The number of benzene rings is 1. The molecule has 80 valence electrons. The first kappa shape index (κ1) is 10.9. The third kappa shape index (κ3) is 2.48. The van der Waals surface area contributed by atoms with Crippen molar-refractivity contribution in [1.82, 2.24) is 0 Å². The highest BCUT2D eigenvalue weighted by atomic mass is 127. The molecular weight excluding hydrogens is 308 g/mol. The molecular formula is C11H11FINO. The second kappa shape index (κ2) is 4.08. The molecule has 0 radical (unpaired) electrons. The van der Waals surface area contributed by atoms with Crippen LogP contribution in [0.25, 0.3) is 0 Å². The maximum Gasteiger partial charge on any atom is 0.248 e. The lowest BCUT2D eigenvalue weighted by atomic mass is 10.1.